The number of hydrogen-bond acceptors (Lipinski definition) is 2. The maximum Gasteiger partial charge on any atom is 0.0663 e. The van der Waals surface area contributed by atoms with Crippen molar-refractivity contribution in [1.29, 1.82) is 0 Å². The van der Waals surface area contributed by atoms with Gasteiger partial charge in [0.2, 0.25) is 0 Å². The maximum atomic E-state index is 10.9. The van der Waals surface area contributed by atoms with E-state index in [2.05, 4.69) is 48.5 Å². The van der Waals surface area contributed by atoms with Crippen LogP contribution in [0.5, 0.6) is 0 Å². The molecule has 1 saturated heterocycles. The minimum Gasteiger partial charge on any atom is -0.393 e. The first-order chi connectivity index (χ1) is 14.8. The summed E-state index contributed by atoms with van der Waals surface area (Å²) in [5.41, 5.74) is 2.16. The fourth-order valence-electron chi connectivity index (χ4n) is 12.0. The molecule has 6 aliphatic rings. The molecule has 1 heterocycles. The quantitative estimate of drug-likeness (QED) is 0.428. The van der Waals surface area contributed by atoms with E-state index >= 15 is 0 Å². The Bertz CT molecular complexity index is 801. The average molecular weight is 443 g/mol. The number of aliphatic hydroxyl groups excluding tert-OH is 1. The number of ether oxygens (including phenoxy) is 1. The van der Waals surface area contributed by atoms with Gasteiger partial charge in [0.15, 0.2) is 0 Å². The predicted octanol–water partition coefficient (Wildman–Crippen LogP) is 7.24. The molecule has 2 nitrogen and oxygen atoms in total. The second-order valence-electron chi connectivity index (χ2n) is 15.7. The highest BCUT2D eigenvalue weighted by Crippen LogP contribution is 2.78. The lowest BCUT2D eigenvalue weighted by Crippen LogP contribution is -2.67. The molecule has 0 aromatic rings. The molecule has 182 valence electrons. The summed E-state index contributed by atoms with van der Waals surface area (Å²) in [7, 11) is 0. The fraction of sp³-hybridized carbons (Fsp3) is 1.00. The van der Waals surface area contributed by atoms with Crippen LogP contribution >= 0.6 is 0 Å². The van der Waals surface area contributed by atoms with Gasteiger partial charge in [0.05, 0.1) is 18.8 Å². The monoisotopic (exact) mass is 442 g/mol. The molecule has 0 aromatic heterocycles. The van der Waals surface area contributed by atoms with Crippen LogP contribution in [0.2, 0.25) is 0 Å². The summed E-state index contributed by atoms with van der Waals surface area (Å²) < 4.78 is 6.71. The van der Waals surface area contributed by atoms with E-state index in [0.717, 1.165) is 30.8 Å². The zero-order valence-corrected chi connectivity index (χ0v) is 22.1. The number of rotatable bonds is 0. The summed E-state index contributed by atoms with van der Waals surface area (Å²) >= 11 is 0. The van der Waals surface area contributed by atoms with Crippen LogP contribution in [0.15, 0.2) is 0 Å². The molecule has 1 aliphatic heterocycles. The molecule has 1 N–H and O–H groups in total. The Balaban J connectivity index is 1.39. The molecule has 6 fully saturated rings. The first kappa shape index (κ1) is 22.4. The molecule has 6 rings (SSSR count). The molecule has 5 saturated carbocycles. The Kier molecular flexibility index (Phi) is 4.46. The molecule has 0 spiro atoms. The van der Waals surface area contributed by atoms with E-state index in [-0.39, 0.29) is 11.5 Å². The van der Waals surface area contributed by atoms with Crippen molar-refractivity contribution in [3.63, 3.8) is 0 Å². The van der Waals surface area contributed by atoms with Crippen molar-refractivity contribution in [2.24, 2.45) is 56.2 Å². The van der Waals surface area contributed by atoms with Crippen molar-refractivity contribution in [3.8, 4) is 0 Å². The van der Waals surface area contributed by atoms with Gasteiger partial charge < -0.3 is 9.84 Å². The Hall–Kier alpha value is -0.0800. The minimum absolute atomic E-state index is 0.0586. The third-order valence-electron chi connectivity index (χ3n) is 14.1. The topological polar surface area (TPSA) is 29.5 Å². The van der Waals surface area contributed by atoms with E-state index in [0.29, 0.717) is 39.1 Å². The summed E-state index contributed by atoms with van der Waals surface area (Å²) in [5, 5.41) is 10.9. The highest BCUT2D eigenvalue weighted by molar-refractivity contribution is 5.21. The van der Waals surface area contributed by atoms with Gasteiger partial charge in [-0.3, -0.25) is 0 Å². The van der Waals surface area contributed by atoms with Crippen LogP contribution < -0.4 is 0 Å². The molecular formula is C30H50O2. The summed E-state index contributed by atoms with van der Waals surface area (Å²) in [5.74, 6) is 3.11. The van der Waals surface area contributed by atoms with E-state index in [4.69, 9.17) is 4.74 Å². The second-order valence-corrected chi connectivity index (χ2v) is 15.7. The number of hydrogen-bond donors (Lipinski definition) is 1. The smallest absolute Gasteiger partial charge is 0.0663 e. The molecule has 5 aliphatic carbocycles. The van der Waals surface area contributed by atoms with Crippen LogP contribution in [-0.2, 0) is 4.74 Å². The summed E-state index contributed by atoms with van der Waals surface area (Å²) in [4.78, 5) is 0. The standard InChI is InChI=1S/C30H50O2/c1-25(2)14-16-30-17-15-28(6)19(23(30)24(25)32-18-30)8-9-21-27(5)12-11-22(31)26(3,4)20(27)10-13-29(21,28)7/h19-24,31H,8-18H2,1-7H3/t19-,20-,21-,22-,23+,24+,27-,28+,29+,30-/m0/s1. The zero-order chi connectivity index (χ0) is 22.9. The molecule has 2 bridgehead atoms. The van der Waals surface area contributed by atoms with Crippen LogP contribution in [0.25, 0.3) is 0 Å². The highest BCUT2D eigenvalue weighted by atomic mass is 16.5. The van der Waals surface area contributed by atoms with Crippen molar-refractivity contribution >= 4 is 0 Å². The maximum absolute atomic E-state index is 10.9. The van der Waals surface area contributed by atoms with Gasteiger partial charge in [-0.25, -0.2) is 0 Å². The van der Waals surface area contributed by atoms with Crippen molar-refractivity contribution in [2.45, 2.75) is 125 Å². The van der Waals surface area contributed by atoms with E-state index in [1.807, 2.05) is 0 Å². The Morgan fingerprint density at radius 3 is 2.16 bits per heavy atom. The summed E-state index contributed by atoms with van der Waals surface area (Å²) in [6, 6.07) is 0. The van der Waals surface area contributed by atoms with Gasteiger partial charge in [0.1, 0.15) is 0 Å². The lowest BCUT2D eigenvalue weighted by atomic mass is 9.31. The minimum atomic E-state index is -0.122. The molecule has 0 amide bonds. The van der Waals surface area contributed by atoms with E-state index in [9.17, 15) is 5.11 Å². The van der Waals surface area contributed by atoms with Crippen LogP contribution in [-0.4, -0.2) is 23.9 Å². The van der Waals surface area contributed by atoms with E-state index in [1.165, 1.54) is 57.8 Å². The zero-order valence-electron chi connectivity index (χ0n) is 22.1. The van der Waals surface area contributed by atoms with Crippen molar-refractivity contribution < 1.29 is 9.84 Å². The van der Waals surface area contributed by atoms with Crippen molar-refractivity contribution in [2.75, 3.05) is 6.61 Å². The Morgan fingerprint density at radius 1 is 0.688 bits per heavy atom. The molecular weight excluding hydrogens is 392 g/mol. The normalized spacial score (nSPS) is 60.0. The van der Waals surface area contributed by atoms with Crippen molar-refractivity contribution in [3.05, 3.63) is 0 Å². The van der Waals surface area contributed by atoms with Gasteiger partial charge in [0, 0.05) is 0 Å². The molecule has 2 heteroatoms. The third-order valence-corrected chi connectivity index (χ3v) is 14.1. The fourth-order valence-corrected chi connectivity index (χ4v) is 12.0. The first-order valence-corrected chi connectivity index (χ1v) is 14.1. The summed E-state index contributed by atoms with van der Waals surface area (Å²) in [6.45, 7) is 18.9. The Labute approximate surface area is 197 Å². The van der Waals surface area contributed by atoms with Gasteiger partial charge in [-0.2, -0.15) is 0 Å². The van der Waals surface area contributed by atoms with Crippen LogP contribution in [0.1, 0.15) is 113 Å². The van der Waals surface area contributed by atoms with Gasteiger partial charge in [-0.1, -0.05) is 48.5 Å². The Morgan fingerprint density at radius 2 is 1.41 bits per heavy atom. The highest BCUT2D eigenvalue weighted by Gasteiger charge is 2.72. The lowest BCUT2D eigenvalue weighted by molar-refractivity contribution is -0.252. The number of fused-ring (bicyclic) bond motifs is 5. The van der Waals surface area contributed by atoms with Gasteiger partial charge in [-0.05, 0) is 120 Å². The average Bonchev–Trinajstić information content (AvgIpc) is 3.05. The lowest BCUT2D eigenvalue weighted by Gasteiger charge is -2.73. The van der Waals surface area contributed by atoms with Crippen LogP contribution in [0.4, 0.5) is 0 Å². The van der Waals surface area contributed by atoms with Crippen LogP contribution in [0.3, 0.4) is 0 Å². The van der Waals surface area contributed by atoms with E-state index in [1.54, 1.807) is 0 Å². The molecule has 32 heavy (non-hydrogen) atoms. The van der Waals surface area contributed by atoms with Gasteiger partial charge >= 0.3 is 0 Å². The van der Waals surface area contributed by atoms with Gasteiger partial charge in [0.25, 0.3) is 0 Å². The van der Waals surface area contributed by atoms with E-state index < -0.39 is 0 Å². The molecule has 0 radical (unpaired) electrons. The van der Waals surface area contributed by atoms with Crippen LogP contribution in [0, 0.1) is 56.2 Å². The largest absolute Gasteiger partial charge is 0.393 e. The predicted molar refractivity (Wildman–Crippen MR) is 130 cm³/mol. The SMILES string of the molecule is CC1(C)CC[C@@]23CC[C@]4(C)[C@@H](CC[C@H]5[C@@]6(C)CC[C@H](O)C(C)(C)[C@@H]6CC[C@]54C)[C@@H]2[C@H]1OC3. The molecule has 10 atom stereocenters. The first-order valence-electron chi connectivity index (χ1n) is 14.1. The summed E-state index contributed by atoms with van der Waals surface area (Å²) in [6.07, 6.45) is 13.7. The van der Waals surface area contributed by atoms with Gasteiger partial charge in [-0.15, -0.1) is 0 Å². The molecule has 0 aromatic carbocycles. The van der Waals surface area contributed by atoms with Crippen molar-refractivity contribution in [1.82, 2.24) is 0 Å². The number of aliphatic hydroxyl groups is 1. The molecule has 0 unspecified atom stereocenters. The third kappa shape index (κ3) is 2.41. The second kappa shape index (κ2) is 6.37.